The molecule has 1 unspecified atom stereocenters. The maximum atomic E-state index is 13.2. The number of piperidine rings is 1. The van der Waals surface area contributed by atoms with Crippen LogP contribution >= 0.6 is 11.3 Å². The number of likely N-dealkylation sites (tertiary alicyclic amines) is 1. The summed E-state index contributed by atoms with van der Waals surface area (Å²) in [4.78, 5) is 24.9. The Hall–Kier alpha value is -2.70. The summed E-state index contributed by atoms with van der Waals surface area (Å²) in [5, 5.41) is 2.94. The molecule has 0 radical (unpaired) electrons. The molecule has 2 fully saturated rings. The van der Waals surface area contributed by atoms with Crippen molar-refractivity contribution in [1.82, 2.24) is 14.8 Å². The molecule has 0 spiro atoms. The molecule has 0 N–H and O–H groups in total. The fraction of sp³-hybridized carbons (Fsp3) is 0.385. The summed E-state index contributed by atoms with van der Waals surface area (Å²) in [6.45, 7) is 5.85. The van der Waals surface area contributed by atoms with Crippen molar-refractivity contribution in [2.24, 2.45) is 0 Å². The third-order valence-corrected chi connectivity index (χ3v) is 7.45. The number of hydrogen-bond donors (Lipinski definition) is 0. The number of aromatic nitrogens is 1. The van der Waals surface area contributed by atoms with Gasteiger partial charge in [-0.25, -0.2) is 4.98 Å². The van der Waals surface area contributed by atoms with Gasteiger partial charge in [-0.05, 0) is 30.5 Å². The monoisotopic (exact) mass is 446 g/mol. The van der Waals surface area contributed by atoms with Crippen LogP contribution in [-0.4, -0.2) is 66.0 Å². The topological polar surface area (TPSA) is 39.7 Å². The molecule has 166 valence electrons. The first-order valence-corrected chi connectivity index (χ1v) is 12.5. The van der Waals surface area contributed by atoms with Crippen molar-refractivity contribution in [2.75, 3.05) is 44.2 Å². The SMILES string of the molecule is O=C(c1csc(Cc2ccccc2)n1)N1CCCC(N2CCN(c3ccccc3)CC2)C1. The third-order valence-electron chi connectivity index (χ3n) is 6.60. The maximum Gasteiger partial charge on any atom is 0.273 e. The van der Waals surface area contributed by atoms with Crippen molar-refractivity contribution in [2.45, 2.75) is 25.3 Å². The Labute approximate surface area is 194 Å². The van der Waals surface area contributed by atoms with E-state index in [1.165, 1.54) is 17.7 Å². The fourth-order valence-corrected chi connectivity index (χ4v) is 5.65. The van der Waals surface area contributed by atoms with E-state index in [4.69, 9.17) is 0 Å². The van der Waals surface area contributed by atoms with Gasteiger partial charge in [-0.1, -0.05) is 48.5 Å². The highest BCUT2D eigenvalue weighted by molar-refractivity contribution is 7.09. The summed E-state index contributed by atoms with van der Waals surface area (Å²) in [6.07, 6.45) is 3.02. The van der Waals surface area contributed by atoms with Gasteiger partial charge >= 0.3 is 0 Å². The lowest BCUT2D eigenvalue weighted by Crippen LogP contribution is -2.55. The largest absolute Gasteiger partial charge is 0.369 e. The lowest BCUT2D eigenvalue weighted by molar-refractivity contribution is 0.0559. The van der Waals surface area contributed by atoms with E-state index >= 15 is 0 Å². The second-order valence-electron chi connectivity index (χ2n) is 8.69. The Morgan fingerprint density at radius 3 is 2.41 bits per heavy atom. The summed E-state index contributed by atoms with van der Waals surface area (Å²) < 4.78 is 0. The second kappa shape index (κ2) is 9.84. The van der Waals surface area contributed by atoms with Crippen molar-refractivity contribution in [3.63, 3.8) is 0 Å². The predicted molar refractivity (Wildman–Crippen MR) is 131 cm³/mol. The molecule has 2 saturated heterocycles. The minimum Gasteiger partial charge on any atom is -0.369 e. The minimum absolute atomic E-state index is 0.0909. The smallest absolute Gasteiger partial charge is 0.273 e. The van der Waals surface area contributed by atoms with Gasteiger partial charge < -0.3 is 9.80 Å². The van der Waals surface area contributed by atoms with Crippen LogP contribution in [0.1, 0.15) is 33.9 Å². The van der Waals surface area contributed by atoms with Crippen LogP contribution in [0.2, 0.25) is 0 Å². The van der Waals surface area contributed by atoms with E-state index in [0.717, 1.165) is 57.1 Å². The number of rotatable bonds is 5. The van der Waals surface area contributed by atoms with Gasteiger partial charge in [0.05, 0.1) is 5.01 Å². The number of hydrogen-bond acceptors (Lipinski definition) is 5. The molecular formula is C26H30N4OS. The Kier molecular flexibility index (Phi) is 6.51. The maximum absolute atomic E-state index is 13.2. The zero-order chi connectivity index (χ0) is 21.8. The molecule has 1 atom stereocenters. The Balaban J connectivity index is 1.17. The summed E-state index contributed by atoms with van der Waals surface area (Å²) >= 11 is 1.59. The van der Waals surface area contributed by atoms with E-state index in [0.29, 0.717) is 11.7 Å². The van der Waals surface area contributed by atoms with E-state index in [9.17, 15) is 4.79 Å². The van der Waals surface area contributed by atoms with E-state index < -0.39 is 0 Å². The molecule has 32 heavy (non-hydrogen) atoms. The van der Waals surface area contributed by atoms with Crippen LogP contribution in [-0.2, 0) is 6.42 Å². The van der Waals surface area contributed by atoms with E-state index in [1.807, 2.05) is 28.5 Å². The minimum atomic E-state index is 0.0909. The highest BCUT2D eigenvalue weighted by Crippen LogP contribution is 2.23. The van der Waals surface area contributed by atoms with Gasteiger partial charge in [0.2, 0.25) is 0 Å². The van der Waals surface area contributed by atoms with Crippen molar-refractivity contribution in [3.05, 3.63) is 82.3 Å². The van der Waals surface area contributed by atoms with Gasteiger partial charge in [0.1, 0.15) is 5.69 Å². The lowest BCUT2D eigenvalue weighted by Gasteiger charge is -2.43. The van der Waals surface area contributed by atoms with E-state index in [-0.39, 0.29) is 5.91 Å². The summed E-state index contributed by atoms with van der Waals surface area (Å²) in [7, 11) is 0. The fourth-order valence-electron chi connectivity index (χ4n) is 4.84. The number of carbonyl (C=O) groups is 1. The lowest BCUT2D eigenvalue weighted by atomic mass is 10.0. The second-order valence-corrected chi connectivity index (χ2v) is 9.64. The zero-order valence-electron chi connectivity index (χ0n) is 18.4. The molecule has 5 rings (SSSR count). The van der Waals surface area contributed by atoms with Gasteiger partial charge in [0, 0.05) is 62.8 Å². The normalized spacial score (nSPS) is 19.8. The van der Waals surface area contributed by atoms with Crippen LogP contribution in [0.25, 0.3) is 0 Å². The molecule has 1 amide bonds. The molecule has 1 aromatic heterocycles. The van der Waals surface area contributed by atoms with Gasteiger partial charge in [0.15, 0.2) is 0 Å². The van der Waals surface area contributed by atoms with Crippen molar-refractivity contribution in [1.29, 1.82) is 0 Å². The number of carbonyl (C=O) groups excluding carboxylic acids is 1. The number of anilines is 1. The van der Waals surface area contributed by atoms with Crippen molar-refractivity contribution < 1.29 is 4.79 Å². The summed E-state index contributed by atoms with van der Waals surface area (Å²) in [5.41, 5.74) is 3.14. The zero-order valence-corrected chi connectivity index (χ0v) is 19.2. The van der Waals surface area contributed by atoms with Crippen molar-refractivity contribution in [3.8, 4) is 0 Å². The predicted octanol–water partition coefficient (Wildman–Crippen LogP) is 4.16. The average molecular weight is 447 g/mol. The first kappa shape index (κ1) is 21.2. The van der Waals surface area contributed by atoms with Crippen LogP contribution in [0.5, 0.6) is 0 Å². The van der Waals surface area contributed by atoms with Gasteiger partial charge in [-0.3, -0.25) is 9.69 Å². The molecule has 0 saturated carbocycles. The van der Waals surface area contributed by atoms with E-state index in [1.54, 1.807) is 11.3 Å². The molecule has 2 aliphatic rings. The molecule has 3 aromatic rings. The highest BCUT2D eigenvalue weighted by atomic mass is 32.1. The first-order valence-electron chi connectivity index (χ1n) is 11.6. The number of para-hydroxylation sites is 1. The van der Waals surface area contributed by atoms with Crippen LogP contribution in [0.15, 0.2) is 66.0 Å². The van der Waals surface area contributed by atoms with Gasteiger partial charge in [-0.2, -0.15) is 0 Å². The molecule has 2 aromatic carbocycles. The first-order chi connectivity index (χ1) is 15.8. The number of nitrogens with zero attached hydrogens (tertiary/aromatic N) is 4. The average Bonchev–Trinajstić information content (AvgIpc) is 3.33. The quantitative estimate of drug-likeness (QED) is 0.590. The summed E-state index contributed by atoms with van der Waals surface area (Å²) in [6, 6.07) is 21.4. The van der Waals surface area contributed by atoms with Crippen LogP contribution < -0.4 is 4.90 Å². The summed E-state index contributed by atoms with van der Waals surface area (Å²) in [5.74, 6) is 0.0909. The number of thiazole rings is 1. The molecular weight excluding hydrogens is 416 g/mol. The number of piperazine rings is 1. The molecule has 6 heteroatoms. The van der Waals surface area contributed by atoms with Crippen molar-refractivity contribution >= 4 is 22.9 Å². The molecule has 0 aliphatic carbocycles. The Bertz CT molecular complexity index is 1010. The Morgan fingerprint density at radius 1 is 0.938 bits per heavy atom. The standard InChI is InChI=1S/C26H30N4OS/c31-26(24-20-32-25(27-24)18-21-8-3-1-4-9-21)30-13-7-12-23(19-30)29-16-14-28(15-17-29)22-10-5-2-6-11-22/h1-6,8-11,20,23H,7,12-19H2. The van der Waals surface area contributed by atoms with Gasteiger partial charge in [-0.15, -0.1) is 11.3 Å². The third kappa shape index (κ3) is 4.87. The van der Waals surface area contributed by atoms with E-state index in [2.05, 4.69) is 57.2 Å². The number of amides is 1. The van der Waals surface area contributed by atoms with Crippen LogP contribution in [0.3, 0.4) is 0 Å². The molecule has 2 aliphatic heterocycles. The highest BCUT2D eigenvalue weighted by Gasteiger charge is 2.31. The Morgan fingerprint density at radius 2 is 1.66 bits per heavy atom. The molecule has 0 bridgehead atoms. The van der Waals surface area contributed by atoms with Gasteiger partial charge in [0.25, 0.3) is 5.91 Å². The molecule has 5 nitrogen and oxygen atoms in total. The van der Waals surface area contributed by atoms with Crippen LogP contribution in [0, 0.1) is 0 Å². The van der Waals surface area contributed by atoms with Crippen LogP contribution in [0.4, 0.5) is 5.69 Å². The number of benzene rings is 2. The molecule has 3 heterocycles.